The van der Waals surface area contributed by atoms with E-state index in [1.54, 1.807) is 0 Å². The minimum absolute atomic E-state index is 0.465. The van der Waals surface area contributed by atoms with Crippen LogP contribution in [0.15, 0.2) is 0 Å². The summed E-state index contributed by atoms with van der Waals surface area (Å²) in [7, 11) is 4.35. The van der Waals surface area contributed by atoms with Crippen molar-refractivity contribution in [2.75, 3.05) is 20.6 Å². The average molecular weight is 270 g/mol. The van der Waals surface area contributed by atoms with Gasteiger partial charge in [0.1, 0.15) is 0 Å². The van der Waals surface area contributed by atoms with E-state index in [9.17, 15) is 0 Å². The van der Waals surface area contributed by atoms with Gasteiger partial charge >= 0.3 is 0 Å². The first-order valence-corrected chi connectivity index (χ1v) is 8.14. The number of hydrogen-bond acceptors (Lipinski definition) is 1. The maximum Gasteiger partial charge on any atom is -0.00196 e. The topological polar surface area (TPSA) is 3.24 Å². The molecule has 0 aromatic carbocycles. The Morgan fingerprint density at radius 1 is 0.842 bits per heavy atom. The lowest BCUT2D eigenvalue weighted by Crippen LogP contribution is -2.27. The van der Waals surface area contributed by atoms with Gasteiger partial charge in [0, 0.05) is 0 Å². The third kappa shape index (κ3) is 7.34. The smallest absolute Gasteiger partial charge is 0.00196 e. The maximum absolute atomic E-state index is 2.44. The van der Waals surface area contributed by atoms with Gasteiger partial charge < -0.3 is 4.90 Å². The molecule has 0 rings (SSSR count). The molecule has 0 saturated heterocycles. The molecule has 0 fully saturated rings. The maximum atomic E-state index is 2.44. The molecule has 19 heavy (non-hydrogen) atoms. The molecule has 0 aliphatic heterocycles. The lowest BCUT2D eigenvalue weighted by atomic mass is 9.72. The molecule has 0 radical (unpaired) electrons. The first-order chi connectivity index (χ1) is 8.49. The highest BCUT2D eigenvalue weighted by molar-refractivity contribution is 4.78. The molecule has 0 aromatic heterocycles. The van der Waals surface area contributed by atoms with E-state index in [4.69, 9.17) is 0 Å². The molecular weight excluding hydrogens is 230 g/mol. The van der Waals surface area contributed by atoms with Crippen LogP contribution >= 0.6 is 0 Å². The zero-order chi connectivity index (χ0) is 15.3. The van der Waals surface area contributed by atoms with Crippen LogP contribution in [-0.2, 0) is 0 Å². The van der Waals surface area contributed by atoms with Gasteiger partial charge in [-0.25, -0.2) is 0 Å². The van der Waals surface area contributed by atoms with E-state index >= 15 is 0 Å². The van der Waals surface area contributed by atoms with Crippen molar-refractivity contribution in [1.82, 2.24) is 4.90 Å². The fraction of sp³-hybridized carbons (Fsp3) is 1.00. The predicted octanol–water partition coefficient (Wildman–Crippen LogP) is 5.45. The van der Waals surface area contributed by atoms with Crippen LogP contribution in [0.25, 0.3) is 0 Å². The Hall–Kier alpha value is -0.0400. The van der Waals surface area contributed by atoms with Gasteiger partial charge in [0.15, 0.2) is 0 Å². The van der Waals surface area contributed by atoms with Crippen molar-refractivity contribution in [3.63, 3.8) is 0 Å². The quantitative estimate of drug-likeness (QED) is 0.538. The fourth-order valence-electron chi connectivity index (χ4n) is 2.30. The van der Waals surface area contributed by atoms with Crippen molar-refractivity contribution in [3.8, 4) is 0 Å². The van der Waals surface area contributed by atoms with Crippen LogP contribution < -0.4 is 0 Å². The Morgan fingerprint density at radius 2 is 1.37 bits per heavy atom. The van der Waals surface area contributed by atoms with Crippen molar-refractivity contribution >= 4 is 0 Å². The Bertz CT molecular complexity index is 238. The summed E-state index contributed by atoms with van der Waals surface area (Å²) in [6, 6.07) is 0. The summed E-state index contributed by atoms with van der Waals surface area (Å²) in [6.45, 7) is 18.1. The zero-order valence-corrected chi connectivity index (χ0v) is 15.1. The van der Waals surface area contributed by atoms with Crippen LogP contribution in [-0.4, -0.2) is 25.5 Å². The minimum Gasteiger partial charge on any atom is -0.309 e. The molecule has 1 unspecified atom stereocenters. The van der Waals surface area contributed by atoms with Gasteiger partial charge in [-0.1, -0.05) is 61.3 Å². The molecule has 1 nitrogen and oxygen atoms in total. The third-order valence-electron chi connectivity index (χ3n) is 5.56. The summed E-state index contributed by atoms with van der Waals surface area (Å²) in [5, 5.41) is 0. The van der Waals surface area contributed by atoms with Crippen LogP contribution in [0.5, 0.6) is 0 Å². The molecule has 0 spiro atoms. The Balaban J connectivity index is 4.12. The normalized spacial score (nSPS) is 15.3. The molecule has 0 bridgehead atoms. The molecule has 0 heterocycles. The fourth-order valence-corrected chi connectivity index (χ4v) is 2.30. The second-order valence-electron chi connectivity index (χ2n) is 8.48. The average Bonchev–Trinajstić information content (AvgIpc) is 2.25. The van der Waals surface area contributed by atoms with Crippen LogP contribution in [0.2, 0.25) is 0 Å². The van der Waals surface area contributed by atoms with E-state index in [1.165, 1.54) is 32.2 Å². The predicted molar refractivity (Wildman–Crippen MR) is 88.6 cm³/mol. The van der Waals surface area contributed by atoms with Gasteiger partial charge in [0.2, 0.25) is 0 Å². The van der Waals surface area contributed by atoms with Gasteiger partial charge in [-0.15, -0.1) is 0 Å². The zero-order valence-electron chi connectivity index (χ0n) is 15.1. The minimum atomic E-state index is 0.465. The van der Waals surface area contributed by atoms with Crippen molar-refractivity contribution in [1.29, 1.82) is 0 Å². The van der Waals surface area contributed by atoms with Crippen molar-refractivity contribution < 1.29 is 0 Å². The van der Waals surface area contributed by atoms with E-state index in [0.717, 1.165) is 11.8 Å². The van der Waals surface area contributed by atoms with Gasteiger partial charge in [0.05, 0.1) is 0 Å². The molecule has 0 N–H and O–H groups in total. The molecular formula is C18H39N. The van der Waals surface area contributed by atoms with Crippen molar-refractivity contribution in [2.45, 2.75) is 74.1 Å². The highest BCUT2D eigenvalue weighted by Crippen LogP contribution is 2.37. The SMILES string of the molecule is CC(C)C(C)(C)CCCC(C)C(C)(C)CCN(C)C. The highest BCUT2D eigenvalue weighted by atomic mass is 15.0. The molecule has 116 valence electrons. The summed E-state index contributed by atoms with van der Waals surface area (Å²) in [4.78, 5) is 2.30. The van der Waals surface area contributed by atoms with Gasteiger partial charge in [0.25, 0.3) is 0 Å². The van der Waals surface area contributed by atoms with Crippen LogP contribution in [0.4, 0.5) is 0 Å². The third-order valence-corrected chi connectivity index (χ3v) is 5.56. The first-order valence-electron chi connectivity index (χ1n) is 8.14. The Morgan fingerprint density at radius 3 is 1.79 bits per heavy atom. The summed E-state index contributed by atoms with van der Waals surface area (Å²) < 4.78 is 0. The number of rotatable bonds is 9. The molecule has 0 saturated carbocycles. The van der Waals surface area contributed by atoms with E-state index < -0.39 is 0 Å². The Labute approximate surface area is 123 Å². The molecule has 0 aromatic rings. The summed E-state index contributed by atoms with van der Waals surface area (Å²) in [5.41, 5.74) is 0.958. The molecule has 0 amide bonds. The van der Waals surface area contributed by atoms with Gasteiger partial charge in [-0.2, -0.15) is 0 Å². The Kier molecular flexibility index (Phi) is 7.65. The number of nitrogens with zero attached hydrogens (tertiary/aromatic N) is 1. The van der Waals surface area contributed by atoms with E-state index in [1.807, 2.05) is 0 Å². The molecule has 0 aliphatic rings. The highest BCUT2D eigenvalue weighted by Gasteiger charge is 2.27. The second kappa shape index (κ2) is 7.67. The monoisotopic (exact) mass is 269 g/mol. The van der Waals surface area contributed by atoms with Gasteiger partial charge in [-0.05, 0) is 56.1 Å². The lowest BCUT2D eigenvalue weighted by molar-refractivity contribution is 0.160. The number of hydrogen-bond donors (Lipinski definition) is 0. The van der Waals surface area contributed by atoms with E-state index in [0.29, 0.717) is 10.8 Å². The molecule has 1 atom stereocenters. The lowest BCUT2D eigenvalue weighted by Gasteiger charge is -2.35. The van der Waals surface area contributed by atoms with Crippen molar-refractivity contribution in [2.24, 2.45) is 22.7 Å². The van der Waals surface area contributed by atoms with Crippen molar-refractivity contribution in [3.05, 3.63) is 0 Å². The van der Waals surface area contributed by atoms with E-state index in [2.05, 4.69) is 67.5 Å². The molecule has 1 heteroatoms. The standard InChI is InChI=1S/C18H39N/c1-15(2)17(4,5)12-10-11-16(3)18(6,7)13-14-19(8)9/h15-16H,10-14H2,1-9H3. The second-order valence-corrected chi connectivity index (χ2v) is 8.48. The van der Waals surface area contributed by atoms with Crippen LogP contribution in [0, 0.1) is 22.7 Å². The summed E-state index contributed by atoms with van der Waals surface area (Å²) in [6.07, 6.45) is 5.40. The van der Waals surface area contributed by atoms with Gasteiger partial charge in [-0.3, -0.25) is 0 Å². The largest absolute Gasteiger partial charge is 0.309 e. The summed E-state index contributed by atoms with van der Waals surface area (Å²) in [5.74, 6) is 1.60. The molecule has 0 aliphatic carbocycles. The summed E-state index contributed by atoms with van der Waals surface area (Å²) >= 11 is 0. The van der Waals surface area contributed by atoms with E-state index in [-0.39, 0.29) is 0 Å². The van der Waals surface area contributed by atoms with Crippen LogP contribution in [0.1, 0.15) is 74.1 Å². The van der Waals surface area contributed by atoms with Crippen LogP contribution in [0.3, 0.4) is 0 Å². The first kappa shape index (κ1) is 19.0.